The van der Waals surface area contributed by atoms with Crippen LogP contribution in [0.1, 0.15) is 29.5 Å². The fourth-order valence-electron chi connectivity index (χ4n) is 2.79. The van der Waals surface area contributed by atoms with E-state index in [1.54, 1.807) is 0 Å². The number of nitrogens with one attached hydrogen (secondary N) is 1. The smallest absolute Gasteiger partial charge is 0.258 e. The lowest BCUT2D eigenvalue weighted by molar-refractivity contribution is 0.0766. The summed E-state index contributed by atoms with van der Waals surface area (Å²) in [5.41, 5.74) is 1.56. The van der Waals surface area contributed by atoms with Crippen molar-refractivity contribution in [2.45, 2.75) is 19.8 Å². The molecule has 1 aromatic heterocycles. The van der Waals surface area contributed by atoms with Gasteiger partial charge in [-0.2, -0.15) is 0 Å². The van der Waals surface area contributed by atoms with Gasteiger partial charge in [0.05, 0.1) is 5.56 Å². The zero-order valence-electron chi connectivity index (χ0n) is 11.8. The van der Waals surface area contributed by atoms with E-state index in [1.165, 1.54) is 0 Å². The number of para-hydroxylation sites is 1. The predicted molar refractivity (Wildman–Crippen MR) is 79.0 cm³/mol. The lowest BCUT2D eigenvalue weighted by atomic mass is 10.1. The Labute approximate surface area is 118 Å². The maximum Gasteiger partial charge on any atom is 0.258 e. The molecule has 1 fully saturated rings. The summed E-state index contributed by atoms with van der Waals surface area (Å²) in [5, 5.41) is 4.26. The number of aryl methyl sites for hydroxylation is 1. The van der Waals surface area contributed by atoms with Crippen LogP contribution < -0.4 is 5.32 Å². The molecular weight excluding hydrogens is 252 g/mol. The number of carbonyl (C=O) groups excluding carboxylic acids is 1. The van der Waals surface area contributed by atoms with E-state index in [0.29, 0.717) is 0 Å². The van der Waals surface area contributed by atoms with E-state index in [1.807, 2.05) is 36.1 Å². The van der Waals surface area contributed by atoms with Crippen molar-refractivity contribution in [3.8, 4) is 0 Å². The Kier molecular flexibility index (Phi) is 3.74. The molecule has 0 unspecified atom stereocenters. The van der Waals surface area contributed by atoms with Crippen molar-refractivity contribution in [2.24, 2.45) is 0 Å². The number of furan rings is 1. The maximum atomic E-state index is 12.8. The highest BCUT2D eigenvalue weighted by atomic mass is 16.3. The van der Waals surface area contributed by atoms with Gasteiger partial charge in [-0.3, -0.25) is 4.79 Å². The number of benzene rings is 1. The van der Waals surface area contributed by atoms with Crippen LogP contribution in [0.5, 0.6) is 0 Å². The van der Waals surface area contributed by atoms with E-state index < -0.39 is 0 Å². The minimum Gasteiger partial charge on any atom is -0.460 e. The van der Waals surface area contributed by atoms with Crippen LogP contribution in [0.25, 0.3) is 11.0 Å². The summed E-state index contributed by atoms with van der Waals surface area (Å²) < 4.78 is 5.83. The maximum absolute atomic E-state index is 12.8. The topological polar surface area (TPSA) is 45.5 Å². The first-order chi connectivity index (χ1) is 9.81. The number of hydrogen-bond acceptors (Lipinski definition) is 3. The molecular formula is C16H20N2O2. The van der Waals surface area contributed by atoms with E-state index in [2.05, 4.69) is 5.32 Å². The van der Waals surface area contributed by atoms with Crippen molar-refractivity contribution >= 4 is 16.9 Å². The van der Waals surface area contributed by atoms with Crippen molar-refractivity contribution in [1.82, 2.24) is 10.2 Å². The van der Waals surface area contributed by atoms with Gasteiger partial charge in [0.2, 0.25) is 0 Å². The van der Waals surface area contributed by atoms with Crippen LogP contribution in [0, 0.1) is 0 Å². The van der Waals surface area contributed by atoms with Crippen LogP contribution in [-0.2, 0) is 6.42 Å². The van der Waals surface area contributed by atoms with E-state index in [-0.39, 0.29) is 5.91 Å². The average molecular weight is 272 g/mol. The number of carbonyl (C=O) groups is 1. The molecule has 0 atom stereocenters. The molecule has 20 heavy (non-hydrogen) atoms. The standard InChI is InChI=1S/C16H20N2O2/c1-2-13-15(12-6-3-4-7-14(12)20-13)16(19)18-10-5-8-17-9-11-18/h3-4,6-7,17H,2,5,8-11H2,1H3. The van der Waals surface area contributed by atoms with E-state index in [9.17, 15) is 4.79 Å². The molecule has 4 nitrogen and oxygen atoms in total. The number of rotatable bonds is 2. The van der Waals surface area contributed by atoms with Gasteiger partial charge in [-0.05, 0) is 19.0 Å². The van der Waals surface area contributed by atoms with Crippen LogP contribution in [-0.4, -0.2) is 37.0 Å². The van der Waals surface area contributed by atoms with Crippen molar-refractivity contribution in [1.29, 1.82) is 0 Å². The van der Waals surface area contributed by atoms with Gasteiger partial charge in [-0.15, -0.1) is 0 Å². The number of amides is 1. The Bertz CT molecular complexity index is 610. The fraction of sp³-hybridized carbons (Fsp3) is 0.438. The summed E-state index contributed by atoms with van der Waals surface area (Å²) in [4.78, 5) is 14.8. The minimum atomic E-state index is 0.107. The lowest BCUT2D eigenvalue weighted by Crippen LogP contribution is -2.34. The van der Waals surface area contributed by atoms with Crippen LogP contribution in [0.3, 0.4) is 0 Å². The van der Waals surface area contributed by atoms with E-state index in [0.717, 1.165) is 61.3 Å². The molecule has 2 aromatic rings. The van der Waals surface area contributed by atoms with Crippen molar-refractivity contribution in [3.63, 3.8) is 0 Å². The molecule has 1 aliphatic rings. The highest BCUT2D eigenvalue weighted by molar-refractivity contribution is 6.07. The summed E-state index contributed by atoms with van der Waals surface area (Å²) in [6.07, 6.45) is 1.74. The molecule has 1 aliphatic heterocycles. The first-order valence-electron chi connectivity index (χ1n) is 7.31. The first kappa shape index (κ1) is 13.2. The lowest BCUT2D eigenvalue weighted by Gasteiger charge is -2.19. The zero-order valence-corrected chi connectivity index (χ0v) is 11.8. The van der Waals surface area contributed by atoms with Crippen molar-refractivity contribution in [2.75, 3.05) is 26.2 Å². The number of hydrogen-bond donors (Lipinski definition) is 1. The van der Waals surface area contributed by atoms with E-state index >= 15 is 0 Å². The highest BCUT2D eigenvalue weighted by Gasteiger charge is 2.24. The third-order valence-electron chi connectivity index (χ3n) is 3.83. The minimum absolute atomic E-state index is 0.107. The summed E-state index contributed by atoms with van der Waals surface area (Å²) in [5.74, 6) is 0.906. The SMILES string of the molecule is CCc1oc2ccccc2c1C(=O)N1CCCNCC1. The molecule has 0 radical (unpaired) electrons. The summed E-state index contributed by atoms with van der Waals surface area (Å²) in [6.45, 7) is 5.45. The number of nitrogens with zero attached hydrogens (tertiary/aromatic N) is 1. The Morgan fingerprint density at radius 1 is 1.30 bits per heavy atom. The normalized spacial score (nSPS) is 16.4. The molecule has 106 valence electrons. The van der Waals surface area contributed by atoms with Gasteiger partial charge >= 0.3 is 0 Å². The van der Waals surface area contributed by atoms with Crippen LogP contribution >= 0.6 is 0 Å². The molecule has 0 bridgehead atoms. The van der Waals surface area contributed by atoms with Crippen LogP contribution in [0.2, 0.25) is 0 Å². The second-order valence-corrected chi connectivity index (χ2v) is 5.15. The molecule has 3 rings (SSSR count). The fourth-order valence-corrected chi connectivity index (χ4v) is 2.79. The molecule has 2 heterocycles. The molecule has 4 heteroatoms. The summed E-state index contributed by atoms with van der Waals surface area (Å²) in [6, 6.07) is 7.80. The van der Waals surface area contributed by atoms with Gasteiger partial charge in [-0.25, -0.2) is 0 Å². The van der Waals surface area contributed by atoms with Gasteiger partial charge in [0.1, 0.15) is 11.3 Å². The zero-order chi connectivity index (χ0) is 13.9. The third-order valence-corrected chi connectivity index (χ3v) is 3.83. The second kappa shape index (κ2) is 5.67. The largest absolute Gasteiger partial charge is 0.460 e. The van der Waals surface area contributed by atoms with Crippen LogP contribution in [0.4, 0.5) is 0 Å². The van der Waals surface area contributed by atoms with Crippen molar-refractivity contribution < 1.29 is 9.21 Å². The molecule has 1 aromatic carbocycles. The molecule has 1 amide bonds. The molecule has 0 spiro atoms. The van der Waals surface area contributed by atoms with Crippen molar-refractivity contribution in [3.05, 3.63) is 35.6 Å². The van der Waals surface area contributed by atoms with Gasteiger partial charge in [0.15, 0.2) is 0 Å². The summed E-state index contributed by atoms with van der Waals surface area (Å²) in [7, 11) is 0. The monoisotopic (exact) mass is 272 g/mol. The van der Waals surface area contributed by atoms with Gasteiger partial charge in [-0.1, -0.05) is 25.1 Å². The Morgan fingerprint density at radius 3 is 3.00 bits per heavy atom. The summed E-state index contributed by atoms with van der Waals surface area (Å²) >= 11 is 0. The van der Waals surface area contributed by atoms with Gasteiger partial charge < -0.3 is 14.6 Å². The number of fused-ring (bicyclic) bond motifs is 1. The van der Waals surface area contributed by atoms with Crippen LogP contribution in [0.15, 0.2) is 28.7 Å². The quantitative estimate of drug-likeness (QED) is 0.913. The Morgan fingerprint density at radius 2 is 2.15 bits per heavy atom. The Balaban J connectivity index is 2.01. The van der Waals surface area contributed by atoms with Gasteiger partial charge in [0, 0.05) is 31.4 Å². The Hall–Kier alpha value is -1.81. The molecule has 0 saturated carbocycles. The average Bonchev–Trinajstić information content (AvgIpc) is 2.65. The third kappa shape index (κ3) is 2.31. The molecule has 0 aliphatic carbocycles. The molecule has 1 saturated heterocycles. The highest BCUT2D eigenvalue weighted by Crippen LogP contribution is 2.27. The molecule has 1 N–H and O–H groups in total. The predicted octanol–water partition coefficient (Wildman–Crippen LogP) is 2.43. The second-order valence-electron chi connectivity index (χ2n) is 5.15. The van der Waals surface area contributed by atoms with E-state index in [4.69, 9.17) is 4.42 Å². The first-order valence-corrected chi connectivity index (χ1v) is 7.31. The van der Waals surface area contributed by atoms with Gasteiger partial charge in [0.25, 0.3) is 5.91 Å².